The number of fused-ring (bicyclic) bond motifs is 1. The number of rotatable bonds is 12. The summed E-state index contributed by atoms with van der Waals surface area (Å²) in [6.07, 6.45) is 4.02. The number of carbonyl (C=O) groups excluding carboxylic acids is 3. The van der Waals surface area contributed by atoms with Crippen molar-refractivity contribution in [3.8, 4) is 0 Å². The zero-order valence-corrected chi connectivity index (χ0v) is 20.4. The number of amides is 1. The van der Waals surface area contributed by atoms with Crippen molar-refractivity contribution in [2.24, 2.45) is 0 Å². The molecule has 2 heterocycles. The highest BCUT2D eigenvalue weighted by molar-refractivity contribution is 5.96. The molecule has 0 saturated heterocycles. The number of aromatic amines is 2. The number of hydrogen-bond donors (Lipinski definition) is 4. The third-order valence-electron chi connectivity index (χ3n) is 5.59. The van der Waals surface area contributed by atoms with E-state index in [9.17, 15) is 19.2 Å². The molecule has 0 unspecified atom stereocenters. The minimum Gasteiger partial charge on any atom is -0.466 e. The number of aryl methyl sites for hydroxylation is 2. The average molecular weight is 498 g/mol. The summed E-state index contributed by atoms with van der Waals surface area (Å²) >= 11 is 0. The lowest BCUT2D eigenvalue weighted by Gasteiger charge is -2.17. The van der Waals surface area contributed by atoms with E-state index in [-0.39, 0.29) is 37.6 Å². The molecule has 0 aliphatic rings. The summed E-state index contributed by atoms with van der Waals surface area (Å²) in [6, 6.07) is 6.10. The van der Waals surface area contributed by atoms with E-state index < -0.39 is 23.9 Å². The van der Waals surface area contributed by atoms with Crippen molar-refractivity contribution in [2.75, 3.05) is 18.9 Å². The lowest BCUT2D eigenvalue weighted by molar-refractivity contribution is -0.146. The van der Waals surface area contributed by atoms with Crippen molar-refractivity contribution < 1.29 is 23.9 Å². The molecule has 11 nitrogen and oxygen atoms in total. The predicted octanol–water partition coefficient (Wildman–Crippen LogP) is 2.01. The zero-order valence-electron chi connectivity index (χ0n) is 20.4. The SMILES string of the molecule is CCOC(=O)CC[C@H](NC(=O)c1ccc(CCCc2c[nH]c3nc(N)[nH]c(=O)c23)cc1)C(=O)OCC. The van der Waals surface area contributed by atoms with Gasteiger partial charge in [-0.2, -0.15) is 4.98 Å². The monoisotopic (exact) mass is 497 g/mol. The lowest BCUT2D eigenvalue weighted by Crippen LogP contribution is -2.42. The summed E-state index contributed by atoms with van der Waals surface area (Å²) in [6.45, 7) is 3.78. The number of esters is 2. The Balaban J connectivity index is 1.56. The molecule has 11 heteroatoms. The van der Waals surface area contributed by atoms with Crippen molar-refractivity contribution in [3.05, 3.63) is 57.5 Å². The number of carbonyl (C=O) groups is 3. The Morgan fingerprint density at radius 3 is 2.50 bits per heavy atom. The molecule has 3 aromatic rings. The second kappa shape index (κ2) is 12.5. The molecule has 0 aliphatic heterocycles. The fourth-order valence-electron chi connectivity index (χ4n) is 3.85. The molecule has 0 spiro atoms. The van der Waals surface area contributed by atoms with Crippen molar-refractivity contribution in [1.82, 2.24) is 20.3 Å². The maximum Gasteiger partial charge on any atom is 0.328 e. The summed E-state index contributed by atoms with van der Waals surface area (Å²) in [5.74, 6) is -1.41. The molecular formula is C25H31N5O6. The van der Waals surface area contributed by atoms with Crippen molar-refractivity contribution in [1.29, 1.82) is 0 Å². The summed E-state index contributed by atoms with van der Waals surface area (Å²) in [7, 11) is 0. The van der Waals surface area contributed by atoms with Crippen LogP contribution in [0.15, 0.2) is 35.3 Å². The minimum absolute atomic E-state index is 0.0116. The number of H-pyrrole nitrogens is 2. The van der Waals surface area contributed by atoms with Gasteiger partial charge in [-0.1, -0.05) is 12.1 Å². The number of nitrogens with one attached hydrogen (secondary N) is 3. The van der Waals surface area contributed by atoms with Gasteiger partial charge in [0, 0.05) is 18.2 Å². The highest BCUT2D eigenvalue weighted by Gasteiger charge is 2.24. The number of nitrogens with two attached hydrogens (primary N) is 1. The molecule has 0 saturated carbocycles. The van der Waals surface area contributed by atoms with Crippen molar-refractivity contribution in [2.45, 2.75) is 52.0 Å². The fourth-order valence-corrected chi connectivity index (χ4v) is 3.85. The van der Waals surface area contributed by atoms with Crippen LogP contribution in [0.2, 0.25) is 0 Å². The van der Waals surface area contributed by atoms with E-state index in [2.05, 4.69) is 20.3 Å². The minimum atomic E-state index is -0.953. The first-order chi connectivity index (χ1) is 17.3. The van der Waals surface area contributed by atoms with Gasteiger partial charge in [0.25, 0.3) is 11.5 Å². The van der Waals surface area contributed by atoms with E-state index >= 15 is 0 Å². The van der Waals surface area contributed by atoms with Crippen molar-refractivity contribution >= 4 is 34.8 Å². The first-order valence-electron chi connectivity index (χ1n) is 11.9. The van der Waals surface area contributed by atoms with Gasteiger partial charge in [0.15, 0.2) is 0 Å². The second-order valence-corrected chi connectivity index (χ2v) is 8.16. The number of nitrogen functional groups attached to an aromatic ring is 1. The van der Waals surface area contributed by atoms with Gasteiger partial charge in [-0.25, -0.2) is 4.79 Å². The summed E-state index contributed by atoms with van der Waals surface area (Å²) in [5.41, 5.74) is 8.04. The van der Waals surface area contributed by atoms with E-state index in [0.717, 1.165) is 24.0 Å². The van der Waals surface area contributed by atoms with Gasteiger partial charge < -0.3 is 25.5 Å². The first-order valence-corrected chi connectivity index (χ1v) is 11.9. The van der Waals surface area contributed by atoms with Gasteiger partial charge >= 0.3 is 11.9 Å². The van der Waals surface area contributed by atoms with E-state index in [1.165, 1.54) is 0 Å². The molecule has 0 bridgehead atoms. The molecule has 0 fully saturated rings. The summed E-state index contributed by atoms with van der Waals surface area (Å²) in [4.78, 5) is 58.4. The topological polar surface area (TPSA) is 169 Å². The van der Waals surface area contributed by atoms with Gasteiger partial charge in [-0.05, 0) is 62.8 Å². The van der Waals surface area contributed by atoms with Gasteiger partial charge in [0.1, 0.15) is 11.7 Å². The molecular weight excluding hydrogens is 466 g/mol. The van der Waals surface area contributed by atoms with Crippen LogP contribution in [0.4, 0.5) is 5.95 Å². The van der Waals surface area contributed by atoms with Gasteiger partial charge in [-0.15, -0.1) is 0 Å². The van der Waals surface area contributed by atoms with Crippen molar-refractivity contribution in [3.63, 3.8) is 0 Å². The maximum absolute atomic E-state index is 12.7. The molecule has 1 atom stereocenters. The standard InChI is InChI=1S/C25H31N5O6/c1-3-35-19(31)13-12-18(24(34)36-4-2)28-22(32)16-10-8-15(9-11-16)6-5-7-17-14-27-21-20(17)23(33)30-25(26)29-21/h8-11,14,18H,3-7,12-13H2,1-2H3,(H,28,32)(H4,26,27,29,30,33)/t18-/m0/s1. The number of ether oxygens (including phenoxy) is 2. The molecule has 1 amide bonds. The van der Waals surface area contributed by atoms with Crippen LogP contribution >= 0.6 is 0 Å². The van der Waals surface area contributed by atoms with Crippen LogP contribution in [0.25, 0.3) is 11.0 Å². The van der Waals surface area contributed by atoms with Crippen LogP contribution in [0, 0.1) is 0 Å². The van der Waals surface area contributed by atoms with Crippen LogP contribution < -0.4 is 16.6 Å². The molecule has 1 aromatic carbocycles. The third kappa shape index (κ3) is 6.94. The van der Waals surface area contributed by atoms with Gasteiger partial charge in [0.2, 0.25) is 5.95 Å². The Kier molecular flexibility index (Phi) is 9.20. The van der Waals surface area contributed by atoms with E-state index in [0.29, 0.717) is 23.0 Å². The number of benzene rings is 1. The Labute approximate surface area is 207 Å². The van der Waals surface area contributed by atoms with E-state index in [1.807, 2.05) is 12.1 Å². The summed E-state index contributed by atoms with van der Waals surface area (Å²) < 4.78 is 9.92. The fraction of sp³-hybridized carbons (Fsp3) is 0.400. The predicted molar refractivity (Wildman–Crippen MR) is 133 cm³/mol. The Bertz CT molecular complexity index is 1260. The maximum atomic E-state index is 12.7. The molecule has 2 aromatic heterocycles. The molecule has 5 N–H and O–H groups in total. The average Bonchev–Trinajstić information content (AvgIpc) is 3.25. The zero-order chi connectivity index (χ0) is 26.1. The Morgan fingerprint density at radius 2 is 1.81 bits per heavy atom. The van der Waals surface area contributed by atoms with Crippen LogP contribution in [0.5, 0.6) is 0 Å². The Morgan fingerprint density at radius 1 is 1.08 bits per heavy atom. The molecule has 36 heavy (non-hydrogen) atoms. The third-order valence-corrected chi connectivity index (χ3v) is 5.59. The number of nitrogens with zero attached hydrogens (tertiary/aromatic N) is 1. The second-order valence-electron chi connectivity index (χ2n) is 8.16. The van der Waals surface area contributed by atoms with Crippen LogP contribution in [0.3, 0.4) is 0 Å². The number of anilines is 1. The van der Waals surface area contributed by atoms with Crippen LogP contribution in [0.1, 0.15) is 54.6 Å². The van der Waals surface area contributed by atoms with E-state index in [1.54, 1.807) is 32.2 Å². The Hall–Kier alpha value is -4.15. The van der Waals surface area contributed by atoms with Crippen LogP contribution in [-0.4, -0.2) is 52.1 Å². The smallest absolute Gasteiger partial charge is 0.328 e. The highest BCUT2D eigenvalue weighted by atomic mass is 16.5. The normalized spacial score (nSPS) is 11.7. The molecule has 0 aliphatic carbocycles. The largest absolute Gasteiger partial charge is 0.466 e. The number of hydrogen-bond acceptors (Lipinski definition) is 8. The number of aromatic nitrogens is 3. The summed E-state index contributed by atoms with van der Waals surface area (Å²) in [5, 5.41) is 3.16. The van der Waals surface area contributed by atoms with E-state index in [4.69, 9.17) is 15.2 Å². The molecule has 0 radical (unpaired) electrons. The quantitative estimate of drug-likeness (QED) is 0.275. The lowest BCUT2D eigenvalue weighted by atomic mass is 10.0. The first kappa shape index (κ1) is 26.5. The van der Waals surface area contributed by atoms with Gasteiger partial charge in [-0.3, -0.25) is 19.4 Å². The molecule has 3 rings (SSSR count). The molecule has 192 valence electrons. The van der Waals surface area contributed by atoms with Crippen LogP contribution in [-0.2, 0) is 31.9 Å². The van der Waals surface area contributed by atoms with Gasteiger partial charge in [0.05, 0.1) is 18.6 Å². The highest BCUT2D eigenvalue weighted by Crippen LogP contribution is 2.16.